The molecule has 3 aromatic rings. The molecule has 5 heteroatoms. The molecule has 0 aliphatic rings. The molecular weight excluding hydrogens is 328 g/mol. The summed E-state index contributed by atoms with van der Waals surface area (Å²) in [6, 6.07) is 15.7. The minimum Gasteiger partial charge on any atom is -0.497 e. The largest absolute Gasteiger partial charge is 0.497 e. The molecule has 0 atom stereocenters. The molecule has 2 aromatic carbocycles. The molecule has 3 rings (SSSR count). The molecule has 1 aromatic heterocycles. The zero-order valence-corrected chi connectivity index (χ0v) is 14.6. The molecule has 0 spiro atoms. The quantitative estimate of drug-likeness (QED) is 0.644. The lowest BCUT2D eigenvalue weighted by Gasteiger charge is -2.07. The van der Waals surface area contributed by atoms with Gasteiger partial charge in [0.05, 0.1) is 23.5 Å². The third-order valence-electron chi connectivity index (χ3n) is 3.57. The summed E-state index contributed by atoms with van der Waals surface area (Å²) in [6.45, 7) is 2.96. The number of hydrogen-bond acceptors (Lipinski definition) is 3. The number of methoxy groups -OCH3 is 1. The molecule has 0 unspecified atom stereocenters. The topological polar surface area (TPSA) is 26.5 Å². The van der Waals surface area contributed by atoms with Gasteiger partial charge in [0.25, 0.3) is 0 Å². The van der Waals surface area contributed by atoms with Gasteiger partial charge in [-0.1, -0.05) is 23.7 Å². The summed E-state index contributed by atoms with van der Waals surface area (Å²) in [7, 11) is 1.67. The smallest absolute Gasteiger partial charge is 0.190 e. The van der Waals surface area contributed by atoms with E-state index in [4.69, 9.17) is 21.3 Å². The summed E-state index contributed by atoms with van der Waals surface area (Å²) >= 11 is 7.83. The van der Waals surface area contributed by atoms with E-state index in [1.807, 2.05) is 36.4 Å². The molecule has 1 heterocycles. The molecule has 0 N–H and O–H groups in total. The van der Waals surface area contributed by atoms with Crippen LogP contribution >= 0.6 is 22.9 Å². The van der Waals surface area contributed by atoms with Crippen molar-refractivity contribution in [3.8, 4) is 17.0 Å². The van der Waals surface area contributed by atoms with Crippen LogP contribution in [-0.2, 0) is 6.54 Å². The maximum atomic E-state index is 6.21. The van der Waals surface area contributed by atoms with E-state index in [0.29, 0.717) is 5.02 Å². The first-order chi connectivity index (χ1) is 11.2. The van der Waals surface area contributed by atoms with Crippen LogP contribution in [0.1, 0.15) is 6.92 Å². The maximum absolute atomic E-state index is 6.21. The van der Waals surface area contributed by atoms with Crippen molar-refractivity contribution in [1.82, 2.24) is 4.57 Å². The van der Waals surface area contributed by atoms with Crippen molar-refractivity contribution in [2.45, 2.75) is 13.5 Å². The molecular formula is C18H17ClN2OS. The zero-order valence-electron chi connectivity index (χ0n) is 13.0. The van der Waals surface area contributed by atoms with Crippen LogP contribution in [0.25, 0.3) is 11.3 Å². The van der Waals surface area contributed by atoms with Crippen LogP contribution in [0.2, 0.25) is 5.02 Å². The Kier molecular flexibility index (Phi) is 4.84. The van der Waals surface area contributed by atoms with Crippen molar-refractivity contribution in [2.24, 2.45) is 4.99 Å². The van der Waals surface area contributed by atoms with Gasteiger partial charge < -0.3 is 9.30 Å². The monoisotopic (exact) mass is 344 g/mol. The number of hydrogen-bond donors (Lipinski definition) is 0. The van der Waals surface area contributed by atoms with Crippen LogP contribution in [0.4, 0.5) is 5.69 Å². The Bertz CT molecular complexity index is 865. The Morgan fingerprint density at radius 1 is 1.13 bits per heavy atom. The third-order valence-corrected chi connectivity index (χ3v) is 4.75. The van der Waals surface area contributed by atoms with E-state index in [1.165, 1.54) is 0 Å². The second kappa shape index (κ2) is 7.02. The van der Waals surface area contributed by atoms with Crippen molar-refractivity contribution < 1.29 is 4.74 Å². The van der Waals surface area contributed by atoms with Gasteiger partial charge in [-0.2, -0.15) is 0 Å². The van der Waals surface area contributed by atoms with Gasteiger partial charge in [-0.15, -0.1) is 11.3 Å². The highest BCUT2D eigenvalue weighted by molar-refractivity contribution is 7.07. The molecule has 0 saturated heterocycles. The molecule has 118 valence electrons. The van der Waals surface area contributed by atoms with Gasteiger partial charge in [-0.3, -0.25) is 0 Å². The molecule has 23 heavy (non-hydrogen) atoms. The first kappa shape index (κ1) is 15.8. The first-order valence-electron chi connectivity index (χ1n) is 7.35. The van der Waals surface area contributed by atoms with Crippen LogP contribution in [0.3, 0.4) is 0 Å². The van der Waals surface area contributed by atoms with Crippen LogP contribution < -0.4 is 9.54 Å². The Morgan fingerprint density at radius 2 is 1.87 bits per heavy atom. The lowest BCUT2D eigenvalue weighted by atomic mass is 10.1. The number of ether oxygens (including phenoxy) is 1. The van der Waals surface area contributed by atoms with Crippen molar-refractivity contribution in [2.75, 3.05) is 7.11 Å². The third kappa shape index (κ3) is 3.33. The summed E-state index contributed by atoms with van der Waals surface area (Å²) in [6.07, 6.45) is 0. The molecule has 0 aliphatic heterocycles. The van der Waals surface area contributed by atoms with Crippen LogP contribution in [0.15, 0.2) is 58.9 Å². The van der Waals surface area contributed by atoms with Crippen LogP contribution in [0.5, 0.6) is 5.75 Å². The van der Waals surface area contributed by atoms with Crippen molar-refractivity contribution in [1.29, 1.82) is 0 Å². The summed E-state index contributed by atoms with van der Waals surface area (Å²) in [5.41, 5.74) is 3.08. The molecule has 0 saturated carbocycles. The molecule has 0 amide bonds. The van der Waals surface area contributed by atoms with Crippen LogP contribution in [0, 0.1) is 0 Å². The molecule has 0 bridgehead atoms. The van der Waals surface area contributed by atoms with E-state index >= 15 is 0 Å². The molecule has 3 nitrogen and oxygen atoms in total. The summed E-state index contributed by atoms with van der Waals surface area (Å²) in [5.74, 6) is 0.855. The molecule has 0 radical (unpaired) electrons. The Hall–Kier alpha value is -2.04. The number of nitrogens with zero attached hydrogens (tertiary/aromatic N) is 2. The summed E-state index contributed by atoms with van der Waals surface area (Å²) in [5, 5.41) is 2.79. The SMILES string of the molecule is CCn1c(-c2ccc(OC)cc2)csc1=Nc1ccccc1Cl. The second-order valence-corrected chi connectivity index (χ2v) is 6.18. The van der Waals surface area contributed by atoms with E-state index in [1.54, 1.807) is 18.4 Å². The van der Waals surface area contributed by atoms with E-state index in [-0.39, 0.29) is 0 Å². The lowest BCUT2D eigenvalue weighted by molar-refractivity contribution is 0.415. The van der Waals surface area contributed by atoms with Gasteiger partial charge in [0.2, 0.25) is 0 Å². The van der Waals surface area contributed by atoms with Gasteiger partial charge in [0.15, 0.2) is 4.80 Å². The molecule has 0 aliphatic carbocycles. The summed E-state index contributed by atoms with van der Waals surface area (Å²) < 4.78 is 7.41. The highest BCUT2D eigenvalue weighted by Gasteiger charge is 2.07. The van der Waals surface area contributed by atoms with Crippen molar-refractivity contribution in [3.05, 3.63) is 63.7 Å². The van der Waals surface area contributed by atoms with E-state index in [2.05, 4.69) is 29.0 Å². The number of benzene rings is 2. The normalized spacial score (nSPS) is 11.7. The van der Waals surface area contributed by atoms with Gasteiger partial charge in [0, 0.05) is 11.9 Å². The van der Waals surface area contributed by atoms with E-state index in [0.717, 1.165) is 34.0 Å². The van der Waals surface area contributed by atoms with Crippen molar-refractivity contribution >= 4 is 28.6 Å². The Morgan fingerprint density at radius 3 is 2.52 bits per heavy atom. The standard InChI is InChI=1S/C18H17ClN2OS/c1-3-21-17(13-8-10-14(22-2)11-9-13)12-23-18(21)20-16-7-5-4-6-15(16)19/h4-12H,3H2,1-2H3. The first-order valence-corrected chi connectivity index (χ1v) is 8.60. The van der Waals surface area contributed by atoms with Gasteiger partial charge >= 0.3 is 0 Å². The average molecular weight is 345 g/mol. The number of thiazole rings is 1. The fourth-order valence-corrected chi connectivity index (χ4v) is 3.53. The second-order valence-electron chi connectivity index (χ2n) is 4.94. The summed E-state index contributed by atoms with van der Waals surface area (Å²) in [4.78, 5) is 5.65. The van der Waals surface area contributed by atoms with Crippen molar-refractivity contribution in [3.63, 3.8) is 0 Å². The van der Waals surface area contributed by atoms with Gasteiger partial charge in [-0.05, 0) is 48.9 Å². The van der Waals surface area contributed by atoms with Gasteiger partial charge in [-0.25, -0.2) is 4.99 Å². The predicted octanol–water partition coefficient (Wildman–Crippen LogP) is 5.13. The minimum atomic E-state index is 0.662. The lowest BCUT2D eigenvalue weighted by Crippen LogP contribution is -2.14. The fourth-order valence-electron chi connectivity index (χ4n) is 2.36. The number of halogens is 1. The van der Waals surface area contributed by atoms with Crippen LogP contribution in [-0.4, -0.2) is 11.7 Å². The Balaban J connectivity index is 2.08. The van der Waals surface area contributed by atoms with E-state index in [9.17, 15) is 0 Å². The Labute approximate surface area is 144 Å². The minimum absolute atomic E-state index is 0.662. The maximum Gasteiger partial charge on any atom is 0.190 e. The van der Waals surface area contributed by atoms with E-state index < -0.39 is 0 Å². The number of para-hydroxylation sites is 1. The van der Waals surface area contributed by atoms with Gasteiger partial charge in [0.1, 0.15) is 5.75 Å². The number of aromatic nitrogens is 1. The fraction of sp³-hybridized carbons (Fsp3) is 0.167. The predicted molar refractivity (Wildman–Crippen MR) is 96.6 cm³/mol. The number of rotatable bonds is 4. The molecule has 0 fully saturated rings. The zero-order chi connectivity index (χ0) is 16.2. The highest BCUT2D eigenvalue weighted by Crippen LogP contribution is 2.25. The highest BCUT2D eigenvalue weighted by atomic mass is 35.5. The average Bonchev–Trinajstić information content (AvgIpc) is 2.99.